The minimum absolute atomic E-state index is 0.0292. The minimum Gasteiger partial charge on any atom is -0.357 e. The molecule has 0 radical (unpaired) electrons. The van der Waals surface area contributed by atoms with Crippen molar-refractivity contribution in [3.8, 4) is 0 Å². The number of likely N-dealkylation sites (N-methyl/N-ethyl adjacent to an activating group) is 1. The molecule has 0 aromatic heterocycles. The predicted octanol–water partition coefficient (Wildman–Crippen LogP) is 2.04. The third-order valence-electron chi connectivity index (χ3n) is 3.77. The summed E-state index contributed by atoms with van der Waals surface area (Å²) >= 11 is 3.42. The number of carbonyl (C=O) groups is 2. The summed E-state index contributed by atoms with van der Waals surface area (Å²) in [6.45, 7) is 2.67. The number of rotatable bonds is 3. The summed E-state index contributed by atoms with van der Waals surface area (Å²) in [6.07, 6.45) is 2.00. The Kier molecular flexibility index (Phi) is 4.81. The van der Waals surface area contributed by atoms with Gasteiger partial charge in [0.25, 0.3) is 0 Å². The van der Waals surface area contributed by atoms with Crippen molar-refractivity contribution in [1.82, 2.24) is 10.2 Å². The molecule has 0 saturated carbocycles. The highest BCUT2D eigenvalue weighted by molar-refractivity contribution is 9.10. The van der Waals surface area contributed by atoms with E-state index in [0.29, 0.717) is 13.0 Å². The Morgan fingerprint density at radius 3 is 2.85 bits per heavy atom. The molecule has 0 unspecified atom stereocenters. The van der Waals surface area contributed by atoms with Crippen LogP contribution in [0.2, 0.25) is 0 Å². The lowest BCUT2D eigenvalue weighted by Gasteiger charge is -2.23. The monoisotopic (exact) mass is 338 g/mol. The van der Waals surface area contributed by atoms with Gasteiger partial charge in [-0.3, -0.25) is 9.59 Å². The highest BCUT2D eigenvalue weighted by atomic mass is 79.9. The third-order valence-corrected chi connectivity index (χ3v) is 4.26. The number of aryl methyl sites for hydroxylation is 1. The number of nitrogens with one attached hydrogen (secondary N) is 1. The van der Waals surface area contributed by atoms with Gasteiger partial charge in [-0.2, -0.15) is 0 Å². The van der Waals surface area contributed by atoms with Gasteiger partial charge in [0.1, 0.15) is 6.04 Å². The molecule has 1 aliphatic rings. The van der Waals surface area contributed by atoms with Crippen LogP contribution in [0.3, 0.4) is 0 Å². The zero-order valence-electron chi connectivity index (χ0n) is 11.8. The molecule has 1 atom stereocenters. The van der Waals surface area contributed by atoms with Crippen LogP contribution in [0.4, 0.5) is 0 Å². The average molecular weight is 339 g/mol. The number of benzene rings is 1. The molecule has 20 heavy (non-hydrogen) atoms. The minimum atomic E-state index is -0.303. The van der Waals surface area contributed by atoms with Crippen molar-refractivity contribution in [3.05, 3.63) is 33.8 Å². The quantitative estimate of drug-likeness (QED) is 0.916. The van der Waals surface area contributed by atoms with Gasteiger partial charge in [0.2, 0.25) is 11.8 Å². The van der Waals surface area contributed by atoms with Crippen LogP contribution in [0.25, 0.3) is 0 Å². The molecular formula is C15H19BrN2O2. The first-order valence-electron chi connectivity index (χ1n) is 6.79. The van der Waals surface area contributed by atoms with Gasteiger partial charge in [-0.1, -0.05) is 22.0 Å². The highest BCUT2D eigenvalue weighted by Gasteiger charge is 2.33. The highest BCUT2D eigenvalue weighted by Crippen LogP contribution is 2.21. The molecule has 5 heteroatoms. The SMILES string of the molecule is CNC(=O)[C@@H]1CCCN1C(=O)Cc1ccc(Br)cc1C. The molecule has 1 fully saturated rings. The topological polar surface area (TPSA) is 49.4 Å². The van der Waals surface area contributed by atoms with Crippen LogP contribution in [-0.4, -0.2) is 36.3 Å². The van der Waals surface area contributed by atoms with Crippen molar-refractivity contribution in [2.45, 2.75) is 32.2 Å². The summed E-state index contributed by atoms with van der Waals surface area (Å²) in [5, 5.41) is 2.64. The standard InChI is InChI=1S/C15H19BrN2O2/c1-10-8-12(16)6-5-11(10)9-14(19)18-7-3-4-13(18)15(20)17-2/h5-6,8,13H,3-4,7,9H2,1-2H3,(H,17,20)/t13-/m0/s1. The number of nitrogens with zero attached hydrogens (tertiary/aromatic N) is 1. The van der Waals surface area contributed by atoms with Gasteiger partial charge in [-0.15, -0.1) is 0 Å². The molecule has 1 saturated heterocycles. The van der Waals surface area contributed by atoms with Gasteiger partial charge in [-0.05, 0) is 43.0 Å². The largest absolute Gasteiger partial charge is 0.357 e. The number of hydrogen-bond donors (Lipinski definition) is 1. The smallest absolute Gasteiger partial charge is 0.242 e. The van der Waals surface area contributed by atoms with Crippen LogP contribution < -0.4 is 5.32 Å². The Morgan fingerprint density at radius 2 is 2.20 bits per heavy atom. The Labute approximate surface area is 127 Å². The van der Waals surface area contributed by atoms with Crippen molar-refractivity contribution in [1.29, 1.82) is 0 Å². The molecule has 1 heterocycles. The van der Waals surface area contributed by atoms with E-state index in [-0.39, 0.29) is 17.9 Å². The fourth-order valence-electron chi connectivity index (χ4n) is 2.63. The van der Waals surface area contributed by atoms with Gasteiger partial charge >= 0.3 is 0 Å². The Balaban J connectivity index is 2.09. The number of hydrogen-bond acceptors (Lipinski definition) is 2. The van der Waals surface area contributed by atoms with Crippen LogP contribution in [0.5, 0.6) is 0 Å². The van der Waals surface area contributed by atoms with E-state index in [1.165, 1.54) is 0 Å². The summed E-state index contributed by atoms with van der Waals surface area (Å²) in [5.74, 6) is -0.0371. The van der Waals surface area contributed by atoms with Crippen molar-refractivity contribution in [3.63, 3.8) is 0 Å². The Bertz CT molecular complexity index is 531. The van der Waals surface area contributed by atoms with E-state index in [4.69, 9.17) is 0 Å². The molecule has 2 amide bonds. The van der Waals surface area contributed by atoms with E-state index in [9.17, 15) is 9.59 Å². The van der Waals surface area contributed by atoms with Gasteiger partial charge in [0, 0.05) is 18.1 Å². The number of likely N-dealkylation sites (tertiary alicyclic amines) is 1. The summed E-state index contributed by atoms with van der Waals surface area (Å²) in [5.41, 5.74) is 2.10. The van der Waals surface area contributed by atoms with E-state index in [0.717, 1.165) is 28.4 Å². The lowest BCUT2D eigenvalue weighted by Crippen LogP contribution is -2.45. The third kappa shape index (κ3) is 3.20. The molecule has 108 valence electrons. The number of amides is 2. The predicted molar refractivity (Wildman–Crippen MR) is 81.4 cm³/mol. The Morgan fingerprint density at radius 1 is 1.45 bits per heavy atom. The second-order valence-corrected chi connectivity index (χ2v) is 6.02. The summed E-state index contributed by atoms with van der Waals surface area (Å²) in [6, 6.07) is 5.60. The first-order valence-corrected chi connectivity index (χ1v) is 7.58. The van der Waals surface area contributed by atoms with E-state index in [2.05, 4.69) is 21.2 Å². The molecule has 1 aliphatic heterocycles. The van der Waals surface area contributed by atoms with Gasteiger partial charge in [0.05, 0.1) is 6.42 Å². The van der Waals surface area contributed by atoms with E-state index in [1.807, 2.05) is 25.1 Å². The maximum atomic E-state index is 12.4. The average Bonchev–Trinajstić information content (AvgIpc) is 2.90. The maximum absolute atomic E-state index is 12.4. The lowest BCUT2D eigenvalue weighted by atomic mass is 10.0. The van der Waals surface area contributed by atoms with Crippen LogP contribution in [0.15, 0.2) is 22.7 Å². The number of halogens is 1. The van der Waals surface area contributed by atoms with Crippen molar-refractivity contribution in [2.24, 2.45) is 0 Å². The maximum Gasteiger partial charge on any atom is 0.242 e. The second-order valence-electron chi connectivity index (χ2n) is 5.11. The molecule has 1 aromatic carbocycles. The fourth-order valence-corrected chi connectivity index (χ4v) is 3.10. The van der Waals surface area contributed by atoms with E-state index >= 15 is 0 Å². The van der Waals surface area contributed by atoms with Gasteiger partial charge < -0.3 is 10.2 Å². The fraction of sp³-hybridized carbons (Fsp3) is 0.467. The summed E-state index contributed by atoms with van der Waals surface area (Å²) < 4.78 is 1.01. The van der Waals surface area contributed by atoms with Gasteiger partial charge in [-0.25, -0.2) is 0 Å². The molecule has 1 N–H and O–H groups in total. The molecule has 1 aromatic rings. The molecule has 4 nitrogen and oxygen atoms in total. The zero-order valence-corrected chi connectivity index (χ0v) is 13.4. The van der Waals surface area contributed by atoms with Gasteiger partial charge in [0.15, 0.2) is 0 Å². The second kappa shape index (κ2) is 6.39. The Hall–Kier alpha value is -1.36. The van der Waals surface area contributed by atoms with E-state index < -0.39 is 0 Å². The van der Waals surface area contributed by atoms with Crippen molar-refractivity contribution in [2.75, 3.05) is 13.6 Å². The van der Waals surface area contributed by atoms with E-state index in [1.54, 1.807) is 11.9 Å². The lowest BCUT2D eigenvalue weighted by molar-refractivity contribution is -0.137. The zero-order chi connectivity index (χ0) is 14.7. The molecule has 2 rings (SSSR count). The molecule has 0 bridgehead atoms. The van der Waals surface area contributed by atoms with Crippen LogP contribution in [-0.2, 0) is 16.0 Å². The van der Waals surface area contributed by atoms with Crippen molar-refractivity contribution < 1.29 is 9.59 Å². The summed E-state index contributed by atoms with van der Waals surface area (Å²) in [4.78, 5) is 25.9. The molecular weight excluding hydrogens is 320 g/mol. The molecule has 0 spiro atoms. The van der Waals surface area contributed by atoms with Crippen molar-refractivity contribution >= 4 is 27.7 Å². The van der Waals surface area contributed by atoms with Crippen LogP contribution in [0, 0.1) is 6.92 Å². The molecule has 0 aliphatic carbocycles. The van der Waals surface area contributed by atoms with Crippen LogP contribution >= 0.6 is 15.9 Å². The first-order chi connectivity index (χ1) is 9.52. The summed E-state index contributed by atoms with van der Waals surface area (Å²) in [7, 11) is 1.61. The van der Waals surface area contributed by atoms with Crippen LogP contribution in [0.1, 0.15) is 24.0 Å². The first kappa shape index (κ1) is 15.0. The normalized spacial score (nSPS) is 18.1. The number of carbonyl (C=O) groups excluding carboxylic acids is 2.